The van der Waals surface area contributed by atoms with Crippen LogP contribution >= 0.6 is 15.9 Å². The summed E-state index contributed by atoms with van der Waals surface area (Å²) >= 11 is 3.40. The molecule has 1 saturated heterocycles. The van der Waals surface area contributed by atoms with Gasteiger partial charge in [0, 0.05) is 42.4 Å². The molecule has 1 atom stereocenters. The van der Waals surface area contributed by atoms with E-state index in [1.54, 1.807) is 18.3 Å². The maximum atomic E-state index is 12.5. The average Bonchev–Trinajstić information content (AvgIpc) is 2.55. The maximum Gasteiger partial charge on any atom is 0.255 e. The monoisotopic (exact) mass is 375 g/mol. The molecule has 1 unspecified atom stereocenters. The summed E-state index contributed by atoms with van der Waals surface area (Å²) < 4.78 is 6.62. The minimum atomic E-state index is 0.0144. The number of benzene rings is 1. The van der Waals surface area contributed by atoms with Gasteiger partial charge in [-0.2, -0.15) is 0 Å². The molecule has 5 nitrogen and oxygen atoms in total. The van der Waals surface area contributed by atoms with Crippen molar-refractivity contribution in [1.82, 2.24) is 15.2 Å². The van der Waals surface area contributed by atoms with Gasteiger partial charge >= 0.3 is 0 Å². The molecule has 120 valence electrons. The Morgan fingerprint density at radius 3 is 2.96 bits per heavy atom. The summed E-state index contributed by atoms with van der Waals surface area (Å²) in [7, 11) is 0. The molecule has 2 heterocycles. The van der Waals surface area contributed by atoms with E-state index in [1.165, 1.54) is 0 Å². The molecular weight excluding hydrogens is 358 g/mol. The van der Waals surface area contributed by atoms with Gasteiger partial charge in [-0.15, -0.1) is 0 Å². The van der Waals surface area contributed by atoms with E-state index in [9.17, 15) is 4.79 Å². The number of aromatic nitrogens is 1. The number of carbonyl (C=O) groups is 1. The predicted octanol–water partition coefficient (Wildman–Crippen LogP) is 3.07. The first-order valence-electron chi connectivity index (χ1n) is 7.54. The number of ether oxygens (including phenoxy) is 1. The minimum absolute atomic E-state index is 0.0144. The molecule has 1 amide bonds. The first-order valence-corrected chi connectivity index (χ1v) is 8.34. The number of hydrogen-bond donors (Lipinski definition) is 1. The Balaban J connectivity index is 1.70. The molecule has 1 aliphatic heterocycles. The fourth-order valence-electron chi connectivity index (χ4n) is 2.53. The van der Waals surface area contributed by atoms with Gasteiger partial charge in [0.05, 0.1) is 5.56 Å². The number of carbonyl (C=O) groups excluding carboxylic acids is 1. The molecule has 1 aromatic carbocycles. The highest BCUT2D eigenvalue weighted by atomic mass is 79.9. The van der Waals surface area contributed by atoms with E-state index in [-0.39, 0.29) is 11.9 Å². The van der Waals surface area contributed by atoms with Crippen molar-refractivity contribution in [2.24, 2.45) is 0 Å². The van der Waals surface area contributed by atoms with Crippen LogP contribution < -0.4 is 10.1 Å². The van der Waals surface area contributed by atoms with E-state index in [4.69, 9.17) is 4.74 Å². The zero-order valence-corrected chi connectivity index (χ0v) is 14.4. The van der Waals surface area contributed by atoms with Crippen molar-refractivity contribution in [3.8, 4) is 11.6 Å². The predicted molar refractivity (Wildman–Crippen MR) is 91.8 cm³/mol. The van der Waals surface area contributed by atoms with Crippen molar-refractivity contribution in [2.45, 2.75) is 13.0 Å². The number of amides is 1. The van der Waals surface area contributed by atoms with Crippen LogP contribution in [0.1, 0.15) is 17.3 Å². The molecule has 1 N–H and O–H groups in total. The second kappa shape index (κ2) is 7.10. The van der Waals surface area contributed by atoms with Crippen LogP contribution in [0.4, 0.5) is 0 Å². The fourth-order valence-corrected chi connectivity index (χ4v) is 2.91. The molecule has 23 heavy (non-hydrogen) atoms. The van der Waals surface area contributed by atoms with E-state index in [0.717, 1.165) is 24.1 Å². The number of pyridine rings is 1. The molecule has 0 aliphatic carbocycles. The topological polar surface area (TPSA) is 54.5 Å². The SMILES string of the molecule is CC1CNCCN1C(=O)c1ccc(Oc2cccc(Br)c2)nc1. The van der Waals surface area contributed by atoms with Crippen LogP contribution in [0, 0.1) is 0 Å². The number of hydrogen-bond acceptors (Lipinski definition) is 4. The quantitative estimate of drug-likeness (QED) is 0.895. The van der Waals surface area contributed by atoms with Crippen molar-refractivity contribution >= 4 is 21.8 Å². The third-order valence-corrected chi connectivity index (χ3v) is 4.26. The van der Waals surface area contributed by atoms with Gasteiger partial charge in [0.2, 0.25) is 5.88 Å². The molecule has 0 radical (unpaired) electrons. The highest BCUT2D eigenvalue weighted by molar-refractivity contribution is 9.10. The van der Waals surface area contributed by atoms with E-state index < -0.39 is 0 Å². The van der Waals surface area contributed by atoms with Crippen LogP contribution in [0.25, 0.3) is 0 Å². The molecule has 1 aromatic heterocycles. The summed E-state index contributed by atoms with van der Waals surface area (Å²) in [5, 5.41) is 3.28. The van der Waals surface area contributed by atoms with Crippen molar-refractivity contribution < 1.29 is 9.53 Å². The largest absolute Gasteiger partial charge is 0.439 e. The van der Waals surface area contributed by atoms with Crippen LogP contribution in [0.3, 0.4) is 0 Å². The Kier molecular flexibility index (Phi) is 4.93. The Morgan fingerprint density at radius 1 is 1.39 bits per heavy atom. The molecule has 0 spiro atoms. The Morgan fingerprint density at radius 2 is 2.26 bits per heavy atom. The third kappa shape index (κ3) is 3.89. The molecular formula is C17H18BrN3O2. The maximum absolute atomic E-state index is 12.5. The molecule has 1 aliphatic rings. The molecule has 0 bridgehead atoms. The number of piperazine rings is 1. The van der Waals surface area contributed by atoms with Gasteiger partial charge in [0.25, 0.3) is 5.91 Å². The third-order valence-electron chi connectivity index (χ3n) is 3.76. The second-order valence-corrected chi connectivity index (χ2v) is 6.41. The van der Waals surface area contributed by atoms with Gasteiger partial charge in [-0.25, -0.2) is 4.98 Å². The van der Waals surface area contributed by atoms with Gasteiger partial charge in [0.15, 0.2) is 0 Å². The van der Waals surface area contributed by atoms with Crippen LogP contribution in [0.15, 0.2) is 47.1 Å². The fraction of sp³-hybridized carbons (Fsp3) is 0.294. The summed E-state index contributed by atoms with van der Waals surface area (Å²) in [5.41, 5.74) is 0.584. The van der Waals surface area contributed by atoms with Crippen molar-refractivity contribution in [2.75, 3.05) is 19.6 Å². The lowest BCUT2D eigenvalue weighted by Crippen LogP contribution is -2.52. The second-order valence-electron chi connectivity index (χ2n) is 5.50. The van der Waals surface area contributed by atoms with Gasteiger partial charge in [0.1, 0.15) is 5.75 Å². The average molecular weight is 376 g/mol. The summed E-state index contributed by atoms with van der Waals surface area (Å²) in [4.78, 5) is 18.7. The molecule has 1 fully saturated rings. The van der Waals surface area contributed by atoms with E-state index in [1.807, 2.05) is 36.1 Å². The Labute approximate surface area is 143 Å². The Bertz CT molecular complexity index is 690. The normalized spacial score (nSPS) is 17.8. The summed E-state index contributed by atoms with van der Waals surface area (Å²) in [6.07, 6.45) is 1.57. The lowest BCUT2D eigenvalue weighted by molar-refractivity contribution is 0.0655. The molecule has 3 rings (SSSR count). The Hall–Kier alpha value is -1.92. The van der Waals surface area contributed by atoms with E-state index in [0.29, 0.717) is 17.2 Å². The lowest BCUT2D eigenvalue weighted by atomic mass is 10.1. The highest BCUT2D eigenvalue weighted by Crippen LogP contribution is 2.23. The van der Waals surface area contributed by atoms with Gasteiger partial charge in [-0.05, 0) is 31.2 Å². The van der Waals surface area contributed by atoms with Gasteiger partial charge in [-0.3, -0.25) is 4.79 Å². The van der Waals surface area contributed by atoms with Gasteiger partial charge in [-0.1, -0.05) is 22.0 Å². The number of rotatable bonds is 3. The van der Waals surface area contributed by atoms with E-state index >= 15 is 0 Å². The van der Waals surface area contributed by atoms with Crippen LogP contribution in [-0.2, 0) is 0 Å². The zero-order valence-electron chi connectivity index (χ0n) is 12.8. The van der Waals surface area contributed by atoms with Crippen molar-refractivity contribution in [3.05, 3.63) is 52.6 Å². The summed E-state index contributed by atoms with van der Waals surface area (Å²) in [6.45, 7) is 4.41. The van der Waals surface area contributed by atoms with Gasteiger partial charge < -0.3 is 15.0 Å². The number of halogens is 1. The molecule has 6 heteroatoms. The highest BCUT2D eigenvalue weighted by Gasteiger charge is 2.24. The summed E-state index contributed by atoms with van der Waals surface area (Å²) in [5.74, 6) is 1.18. The zero-order chi connectivity index (χ0) is 16.2. The van der Waals surface area contributed by atoms with Crippen LogP contribution in [-0.4, -0.2) is 41.5 Å². The molecule has 0 saturated carbocycles. The summed E-state index contributed by atoms with van der Waals surface area (Å²) in [6, 6.07) is 11.2. The van der Waals surface area contributed by atoms with Crippen LogP contribution in [0.5, 0.6) is 11.6 Å². The smallest absolute Gasteiger partial charge is 0.255 e. The van der Waals surface area contributed by atoms with Crippen molar-refractivity contribution in [3.63, 3.8) is 0 Å². The molecule has 2 aromatic rings. The van der Waals surface area contributed by atoms with E-state index in [2.05, 4.69) is 26.2 Å². The standard InChI is InChI=1S/C17H18BrN3O2/c1-12-10-19-7-8-21(12)17(22)13-5-6-16(20-11-13)23-15-4-2-3-14(18)9-15/h2-6,9,11-12,19H,7-8,10H2,1H3. The lowest BCUT2D eigenvalue weighted by Gasteiger charge is -2.33. The van der Waals surface area contributed by atoms with Crippen LogP contribution in [0.2, 0.25) is 0 Å². The number of nitrogens with zero attached hydrogens (tertiary/aromatic N) is 2. The first kappa shape index (κ1) is 16.0. The minimum Gasteiger partial charge on any atom is -0.439 e. The van der Waals surface area contributed by atoms with Crippen molar-refractivity contribution in [1.29, 1.82) is 0 Å². The first-order chi connectivity index (χ1) is 11.1. The number of nitrogens with one attached hydrogen (secondary N) is 1.